The van der Waals surface area contributed by atoms with E-state index in [-0.39, 0.29) is 5.91 Å². The highest BCUT2D eigenvalue weighted by molar-refractivity contribution is 5.98. The molecular formula is C10H12N4O. The first-order valence-corrected chi connectivity index (χ1v) is 4.82. The third-order valence-electron chi connectivity index (χ3n) is 2.14. The average Bonchev–Trinajstić information content (AvgIpc) is 2.60. The summed E-state index contributed by atoms with van der Waals surface area (Å²) in [6, 6.07) is 3.78. The molecular weight excluding hydrogens is 192 g/mol. The predicted octanol–water partition coefficient (Wildman–Crippen LogP) is 1.61. The number of aryl methyl sites for hydroxylation is 1. The number of nitrogens with one attached hydrogen (secondary N) is 2. The van der Waals surface area contributed by atoms with Crippen LogP contribution in [0.1, 0.15) is 19.0 Å². The Balaban J connectivity index is 2.41. The van der Waals surface area contributed by atoms with Crippen molar-refractivity contribution < 1.29 is 4.79 Å². The lowest BCUT2D eigenvalue weighted by molar-refractivity contribution is -0.115. The van der Waals surface area contributed by atoms with Crippen LogP contribution in [0.2, 0.25) is 0 Å². The normalized spacial score (nSPS) is 10.5. The molecule has 0 aromatic carbocycles. The summed E-state index contributed by atoms with van der Waals surface area (Å²) in [4.78, 5) is 15.5. The predicted molar refractivity (Wildman–Crippen MR) is 57.5 cm³/mol. The summed E-state index contributed by atoms with van der Waals surface area (Å²) < 4.78 is 0. The zero-order chi connectivity index (χ0) is 10.8. The number of amides is 1. The zero-order valence-corrected chi connectivity index (χ0v) is 8.66. The fraction of sp³-hybridized carbons (Fsp3) is 0.300. The summed E-state index contributed by atoms with van der Waals surface area (Å²) in [6.07, 6.45) is 0.438. The number of pyridine rings is 1. The van der Waals surface area contributed by atoms with E-state index in [2.05, 4.69) is 20.5 Å². The lowest BCUT2D eigenvalue weighted by atomic mass is 10.3. The van der Waals surface area contributed by atoms with Crippen LogP contribution in [0.3, 0.4) is 0 Å². The Morgan fingerprint density at radius 3 is 3.07 bits per heavy atom. The summed E-state index contributed by atoms with van der Waals surface area (Å²) >= 11 is 0. The number of fused-ring (bicyclic) bond motifs is 1. The highest BCUT2D eigenvalue weighted by Crippen LogP contribution is 2.18. The maximum absolute atomic E-state index is 11.2. The largest absolute Gasteiger partial charge is 0.309 e. The molecule has 5 heteroatoms. The Hall–Kier alpha value is -1.91. The second kappa shape index (κ2) is 3.68. The standard InChI is InChI=1S/C10H12N4O/c1-3-8(15)12-10-7-5-4-6(2)11-9(7)13-14-10/h4-5H,3H2,1-2H3,(H2,11,12,13,14,15). The van der Waals surface area contributed by atoms with E-state index < -0.39 is 0 Å². The van der Waals surface area contributed by atoms with Gasteiger partial charge in [0.15, 0.2) is 11.5 Å². The Morgan fingerprint density at radius 1 is 1.53 bits per heavy atom. The molecule has 1 amide bonds. The highest BCUT2D eigenvalue weighted by atomic mass is 16.1. The summed E-state index contributed by atoms with van der Waals surface area (Å²) in [7, 11) is 0. The second-order valence-corrected chi connectivity index (χ2v) is 3.32. The number of aromatic nitrogens is 3. The molecule has 0 aliphatic heterocycles. The molecule has 0 saturated heterocycles. The molecule has 0 bridgehead atoms. The maximum atomic E-state index is 11.2. The fourth-order valence-electron chi connectivity index (χ4n) is 1.32. The van der Waals surface area contributed by atoms with Gasteiger partial charge in [0.25, 0.3) is 0 Å². The minimum atomic E-state index is -0.0519. The number of hydrogen-bond acceptors (Lipinski definition) is 3. The van der Waals surface area contributed by atoms with Gasteiger partial charge in [0.2, 0.25) is 5.91 Å². The van der Waals surface area contributed by atoms with Gasteiger partial charge in [0.05, 0.1) is 5.39 Å². The number of nitrogens with zero attached hydrogens (tertiary/aromatic N) is 2. The SMILES string of the molecule is CCC(=O)Nc1n[nH]c2nc(C)ccc12. The molecule has 2 rings (SSSR count). The van der Waals surface area contributed by atoms with Gasteiger partial charge in [-0.15, -0.1) is 0 Å². The molecule has 0 atom stereocenters. The number of H-pyrrole nitrogens is 1. The molecule has 5 nitrogen and oxygen atoms in total. The summed E-state index contributed by atoms with van der Waals surface area (Å²) in [6.45, 7) is 3.71. The van der Waals surface area contributed by atoms with E-state index >= 15 is 0 Å². The van der Waals surface area contributed by atoms with Crippen molar-refractivity contribution in [3.05, 3.63) is 17.8 Å². The van der Waals surface area contributed by atoms with Gasteiger partial charge >= 0.3 is 0 Å². The topological polar surface area (TPSA) is 70.7 Å². The Morgan fingerprint density at radius 2 is 2.33 bits per heavy atom. The molecule has 2 aromatic heterocycles. The molecule has 0 saturated carbocycles. The molecule has 78 valence electrons. The van der Waals surface area contributed by atoms with Gasteiger partial charge in [-0.3, -0.25) is 9.89 Å². The maximum Gasteiger partial charge on any atom is 0.225 e. The molecule has 0 aliphatic rings. The molecule has 0 fully saturated rings. The number of anilines is 1. The minimum absolute atomic E-state index is 0.0519. The Labute approximate surface area is 86.9 Å². The molecule has 0 spiro atoms. The smallest absolute Gasteiger partial charge is 0.225 e. The monoisotopic (exact) mass is 204 g/mol. The van der Waals surface area contributed by atoms with Crippen LogP contribution in [-0.4, -0.2) is 21.1 Å². The molecule has 0 unspecified atom stereocenters. The quantitative estimate of drug-likeness (QED) is 0.780. The van der Waals surface area contributed by atoms with Crippen molar-refractivity contribution in [2.75, 3.05) is 5.32 Å². The zero-order valence-electron chi connectivity index (χ0n) is 8.66. The number of hydrogen-bond donors (Lipinski definition) is 2. The molecule has 2 aromatic rings. The van der Waals surface area contributed by atoms with Crippen molar-refractivity contribution in [2.45, 2.75) is 20.3 Å². The van der Waals surface area contributed by atoms with Gasteiger partial charge in [-0.25, -0.2) is 4.98 Å². The van der Waals surface area contributed by atoms with Gasteiger partial charge in [-0.05, 0) is 19.1 Å². The van der Waals surface area contributed by atoms with E-state index in [1.165, 1.54) is 0 Å². The number of carbonyl (C=O) groups excluding carboxylic acids is 1. The molecule has 0 aliphatic carbocycles. The Kier molecular flexibility index (Phi) is 2.37. The third kappa shape index (κ3) is 1.81. The van der Waals surface area contributed by atoms with Crippen molar-refractivity contribution >= 4 is 22.8 Å². The first-order chi connectivity index (χ1) is 7.20. The van der Waals surface area contributed by atoms with Gasteiger partial charge in [-0.2, -0.15) is 5.10 Å². The van der Waals surface area contributed by atoms with Crippen LogP contribution in [0, 0.1) is 6.92 Å². The van der Waals surface area contributed by atoms with Crippen molar-refractivity contribution in [1.29, 1.82) is 0 Å². The average molecular weight is 204 g/mol. The van der Waals surface area contributed by atoms with Crippen LogP contribution in [0.15, 0.2) is 12.1 Å². The Bertz CT molecular complexity index is 503. The van der Waals surface area contributed by atoms with Crippen molar-refractivity contribution in [3.63, 3.8) is 0 Å². The van der Waals surface area contributed by atoms with E-state index in [9.17, 15) is 4.79 Å². The summed E-state index contributed by atoms with van der Waals surface area (Å²) in [5.41, 5.74) is 1.61. The lowest BCUT2D eigenvalue weighted by Crippen LogP contribution is -2.09. The van der Waals surface area contributed by atoms with Crippen LogP contribution >= 0.6 is 0 Å². The lowest BCUT2D eigenvalue weighted by Gasteiger charge is -1.98. The molecule has 2 heterocycles. The fourth-order valence-corrected chi connectivity index (χ4v) is 1.32. The van der Waals surface area contributed by atoms with Crippen molar-refractivity contribution in [2.24, 2.45) is 0 Å². The number of aromatic amines is 1. The van der Waals surface area contributed by atoms with Crippen LogP contribution in [-0.2, 0) is 4.79 Å². The van der Waals surface area contributed by atoms with E-state index in [0.717, 1.165) is 11.1 Å². The minimum Gasteiger partial charge on any atom is -0.309 e. The van der Waals surface area contributed by atoms with Gasteiger partial charge < -0.3 is 5.32 Å². The van der Waals surface area contributed by atoms with Gasteiger partial charge in [0, 0.05) is 12.1 Å². The van der Waals surface area contributed by atoms with Crippen LogP contribution < -0.4 is 5.32 Å². The first-order valence-electron chi connectivity index (χ1n) is 4.82. The van der Waals surface area contributed by atoms with Crippen LogP contribution in [0.5, 0.6) is 0 Å². The second-order valence-electron chi connectivity index (χ2n) is 3.32. The number of rotatable bonds is 2. The van der Waals surface area contributed by atoms with Gasteiger partial charge in [0.1, 0.15) is 0 Å². The van der Waals surface area contributed by atoms with Gasteiger partial charge in [-0.1, -0.05) is 6.92 Å². The third-order valence-corrected chi connectivity index (χ3v) is 2.14. The van der Waals surface area contributed by atoms with E-state index in [4.69, 9.17) is 0 Å². The summed E-state index contributed by atoms with van der Waals surface area (Å²) in [5, 5.41) is 10.3. The first kappa shape index (κ1) is 9.64. The van der Waals surface area contributed by atoms with E-state index in [1.54, 1.807) is 6.92 Å². The molecule has 15 heavy (non-hydrogen) atoms. The van der Waals surface area contributed by atoms with Crippen molar-refractivity contribution in [1.82, 2.24) is 15.2 Å². The number of carbonyl (C=O) groups is 1. The molecule has 0 radical (unpaired) electrons. The van der Waals surface area contributed by atoms with Crippen LogP contribution in [0.25, 0.3) is 11.0 Å². The van der Waals surface area contributed by atoms with Crippen LogP contribution in [0.4, 0.5) is 5.82 Å². The highest BCUT2D eigenvalue weighted by Gasteiger charge is 2.08. The van der Waals surface area contributed by atoms with Crippen molar-refractivity contribution in [3.8, 4) is 0 Å². The molecule has 2 N–H and O–H groups in total. The summed E-state index contributed by atoms with van der Waals surface area (Å²) in [5.74, 6) is 0.494. The van der Waals surface area contributed by atoms with E-state index in [0.29, 0.717) is 17.9 Å². The van der Waals surface area contributed by atoms with E-state index in [1.807, 2.05) is 19.1 Å².